The highest BCUT2D eigenvalue weighted by molar-refractivity contribution is 7.99. The molecule has 154 valence electrons. The standard InChI is InChI=1S/C22H14ClFN4OS2/c23-14-7-10-19-17(11-14)28(16-3-1-2-4-18(16)30-19)20(29)12-27-22(25)31-21(26-27)13-5-8-15(24)9-6-13/h1-11,25H,12H2. The molecule has 5 nitrogen and oxygen atoms in total. The number of aromatic nitrogens is 2. The van der Waals surface area contributed by atoms with Crippen LogP contribution in [0.25, 0.3) is 10.6 Å². The Morgan fingerprint density at radius 3 is 2.58 bits per heavy atom. The van der Waals surface area contributed by atoms with E-state index in [4.69, 9.17) is 17.0 Å². The van der Waals surface area contributed by atoms with Gasteiger partial charge in [0.1, 0.15) is 17.4 Å². The SMILES string of the molecule is N=c1sc(-c2ccc(F)cc2)nn1CC(=O)N1c2ccccc2Sc2ccc(Cl)cc21. The Kier molecular flexibility index (Phi) is 5.13. The Hall–Kier alpha value is -2.94. The quantitative estimate of drug-likeness (QED) is 0.418. The lowest BCUT2D eigenvalue weighted by atomic mass is 10.2. The third kappa shape index (κ3) is 3.78. The number of hydrogen-bond donors (Lipinski definition) is 1. The number of hydrogen-bond acceptors (Lipinski definition) is 5. The van der Waals surface area contributed by atoms with Gasteiger partial charge in [-0.25, -0.2) is 9.07 Å². The number of fused-ring (bicyclic) bond motifs is 2. The summed E-state index contributed by atoms with van der Waals surface area (Å²) in [7, 11) is 0. The summed E-state index contributed by atoms with van der Waals surface area (Å²) in [6.07, 6.45) is 0. The summed E-state index contributed by atoms with van der Waals surface area (Å²) < 4.78 is 14.6. The van der Waals surface area contributed by atoms with Gasteiger partial charge in [0, 0.05) is 20.4 Å². The van der Waals surface area contributed by atoms with E-state index in [0.29, 0.717) is 21.3 Å². The van der Waals surface area contributed by atoms with Crippen LogP contribution >= 0.6 is 34.7 Å². The molecule has 1 aromatic heterocycles. The van der Waals surface area contributed by atoms with Gasteiger partial charge in [-0.15, -0.1) is 0 Å². The number of carbonyl (C=O) groups is 1. The number of nitrogens with one attached hydrogen (secondary N) is 1. The smallest absolute Gasteiger partial charge is 0.253 e. The zero-order valence-electron chi connectivity index (χ0n) is 15.9. The minimum atomic E-state index is -0.339. The molecule has 2 heterocycles. The first-order chi connectivity index (χ1) is 15.0. The zero-order valence-corrected chi connectivity index (χ0v) is 18.3. The van der Waals surface area contributed by atoms with E-state index in [9.17, 15) is 9.18 Å². The molecule has 9 heteroatoms. The third-order valence-electron chi connectivity index (χ3n) is 4.75. The van der Waals surface area contributed by atoms with Crippen LogP contribution in [-0.4, -0.2) is 15.7 Å². The van der Waals surface area contributed by atoms with Crippen molar-refractivity contribution < 1.29 is 9.18 Å². The third-order valence-corrected chi connectivity index (χ3v) is 7.03. The van der Waals surface area contributed by atoms with E-state index in [0.717, 1.165) is 26.8 Å². The Bertz CT molecular complexity index is 1370. The average molecular weight is 469 g/mol. The summed E-state index contributed by atoms with van der Waals surface area (Å²) in [5.41, 5.74) is 2.18. The Morgan fingerprint density at radius 2 is 1.77 bits per heavy atom. The van der Waals surface area contributed by atoms with Gasteiger partial charge in [0.25, 0.3) is 5.91 Å². The summed E-state index contributed by atoms with van der Waals surface area (Å²) in [6, 6.07) is 19.1. The second-order valence-corrected chi connectivity index (χ2v) is 9.29. The molecule has 0 fully saturated rings. The van der Waals surface area contributed by atoms with E-state index in [2.05, 4.69) is 5.10 Å². The van der Waals surface area contributed by atoms with E-state index in [1.54, 1.807) is 40.9 Å². The van der Waals surface area contributed by atoms with Crippen molar-refractivity contribution in [3.05, 3.63) is 82.4 Å². The number of amides is 1. The minimum Gasteiger partial charge on any atom is -0.277 e. The lowest BCUT2D eigenvalue weighted by Crippen LogP contribution is -2.34. The van der Waals surface area contributed by atoms with E-state index in [1.165, 1.54) is 16.8 Å². The number of anilines is 2. The number of nitrogens with zero attached hydrogens (tertiary/aromatic N) is 3. The molecule has 4 aromatic rings. The highest BCUT2D eigenvalue weighted by Gasteiger charge is 2.29. The van der Waals surface area contributed by atoms with Crippen LogP contribution in [0.2, 0.25) is 5.02 Å². The van der Waals surface area contributed by atoms with Gasteiger partial charge in [0.15, 0.2) is 0 Å². The van der Waals surface area contributed by atoms with Crippen LogP contribution in [-0.2, 0) is 11.3 Å². The van der Waals surface area contributed by atoms with E-state index in [-0.39, 0.29) is 23.1 Å². The summed E-state index contributed by atoms with van der Waals surface area (Å²) in [5, 5.41) is 13.8. The van der Waals surface area contributed by atoms with Gasteiger partial charge in [-0.3, -0.25) is 15.1 Å². The van der Waals surface area contributed by atoms with Crippen molar-refractivity contribution >= 4 is 52.0 Å². The van der Waals surface area contributed by atoms with Gasteiger partial charge in [0.2, 0.25) is 4.80 Å². The summed E-state index contributed by atoms with van der Waals surface area (Å²) in [5.74, 6) is -0.570. The lowest BCUT2D eigenvalue weighted by molar-refractivity contribution is -0.118. The van der Waals surface area contributed by atoms with Crippen molar-refractivity contribution in [2.75, 3.05) is 4.90 Å². The molecule has 1 aliphatic heterocycles. The molecule has 0 radical (unpaired) electrons. The first-order valence-electron chi connectivity index (χ1n) is 9.27. The highest BCUT2D eigenvalue weighted by atomic mass is 35.5. The van der Waals surface area contributed by atoms with E-state index >= 15 is 0 Å². The van der Waals surface area contributed by atoms with Crippen molar-refractivity contribution in [3.63, 3.8) is 0 Å². The second kappa shape index (κ2) is 7.96. The number of carbonyl (C=O) groups excluding carboxylic acids is 1. The maximum absolute atomic E-state index is 13.4. The summed E-state index contributed by atoms with van der Waals surface area (Å²) >= 11 is 8.94. The predicted molar refractivity (Wildman–Crippen MR) is 121 cm³/mol. The van der Waals surface area contributed by atoms with Gasteiger partial charge in [-0.05, 0) is 54.6 Å². The van der Waals surface area contributed by atoms with Gasteiger partial charge >= 0.3 is 0 Å². The molecule has 0 bridgehead atoms. The van der Waals surface area contributed by atoms with Gasteiger partial charge in [-0.1, -0.05) is 46.8 Å². The average Bonchev–Trinajstić information content (AvgIpc) is 3.12. The van der Waals surface area contributed by atoms with Crippen LogP contribution in [0.4, 0.5) is 15.8 Å². The number of benzene rings is 3. The molecular formula is C22H14ClFN4OS2. The van der Waals surface area contributed by atoms with Gasteiger partial charge in [0.05, 0.1) is 11.4 Å². The van der Waals surface area contributed by atoms with Crippen molar-refractivity contribution in [2.24, 2.45) is 0 Å². The normalized spacial score (nSPS) is 12.4. The monoisotopic (exact) mass is 468 g/mol. The largest absolute Gasteiger partial charge is 0.277 e. The molecule has 0 saturated heterocycles. The molecule has 0 unspecified atom stereocenters. The van der Waals surface area contributed by atoms with Crippen molar-refractivity contribution in [2.45, 2.75) is 16.3 Å². The van der Waals surface area contributed by atoms with Crippen molar-refractivity contribution in [1.29, 1.82) is 5.41 Å². The minimum absolute atomic E-state index is 0.110. The molecule has 0 saturated carbocycles. The van der Waals surface area contributed by atoms with E-state index < -0.39 is 0 Å². The number of halogens is 2. The van der Waals surface area contributed by atoms with Crippen LogP contribution < -0.4 is 9.70 Å². The lowest BCUT2D eigenvalue weighted by Gasteiger charge is -2.31. The summed E-state index contributed by atoms with van der Waals surface area (Å²) in [6.45, 7) is -0.110. The van der Waals surface area contributed by atoms with Crippen LogP contribution in [0.3, 0.4) is 0 Å². The first-order valence-corrected chi connectivity index (χ1v) is 11.3. The molecule has 0 atom stereocenters. The van der Waals surface area contributed by atoms with Crippen LogP contribution in [0.5, 0.6) is 0 Å². The molecule has 0 spiro atoms. The topological polar surface area (TPSA) is 62.0 Å². The van der Waals surface area contributed by atoms with Crippen LogP contribution in [0, 0.1) is 11.2 Å². The van der Waals surface area contributed by atoms with Crippen LogP contribution in [0.15, 0.2) is 76.5 Å². The van der Waals surface area contributed by atoms with Crippen molar-refractivity contribution in [3.8, 4) is 10.6 Å². The van der Waals surface area contributed by atoms with Gasteiger partial charge < -0.3 is 0 Å². The molecule has 1 aliphatic rings. The fourth-order valence-electron chi connectivity index (χ4n) is 3.33. The maximum atomic E-state index is 13.4. The fraction of sp³-hybridized carbons (Fsp3) is 0.0455. The molecule has 31 heavy (non-hydrogen) atoms. The Labute approximate surface area is 190 Å². The zero-order chi connectivity index (χ0) is 21.5. The molecule has 3 aromatic carbocycles. The molecule has 1 N–H and O–H groups in total. The van der Waals surface area contributed by atoms with Gasteiger partial charge in [-0.2, -0.15) is 5.10 Å². The molecule has 1 amide bonds. The Morgan fingerprint density at radius 1 is 1.03 bits per heavy atom. The number of para-hydroxylation sites is 1. The molecule has 5 rings (SSSR count). The molecular weight excluding hydrogens is 455 g/mol. The predicted octanol–water partition coefficient (Wildman–Crippen LogP) is 5.71. The van der Waals surface area contributed by atoms with Crippen molar-refractivity contribution in [1.82, 2.24) is 9.78 Å². The summed E-state index contributed by atoms with van der Waals surface area (Å²) in [4.78, 5) is 17.1. The Balaban J connectivity index is 1.51. The highest BCUT2D eigenvalue weighted by Crippen LogP contribution is 2.48. The fourth-order valence-corrected chi connectivity index (χ4v) is 5.32. The first kappa shape index (κ1) is 20.0. The number of rotatable bonds is 3. The van der Waals surface area contributed by atoms with E-state index in [1.807, 2.05) is 30.3 Å². The maximum Gasteiger partial charge on any atom is 0.253 e. The molecule has 0 aliphatic carbocycles. The second-order valence-electron chi connectivity index (χ2n) is 6.79. The van der Waals surface area contributed by atoms with Crippen LogP contribution in [0.1, 0.15) is 0 Å².